The molecule has 2 aromatic heterocycles. The third-order valence-electron chi connectivity index (χ3n) is 3.87. The van der Waals surface area contributed by atoms with Gasteiger partial charge in [-0.1, -0.05) is 34.1 Å². The minimum Gasteiger partial charge on any atom is -0.870 e. The van der Waals surface area contributed by atoms with E-state index in [4.69, 9.17) is 0 Å². The summed E-state index contributed by atoms with van der Waals surface area (Å²) in [4.78, 5) is 12.8. The number of nitrogens with one attached hydrogen (secondary N) is 1. The first-order valence-corrected chi connectivity index (χ1v) is 7.72. The van der Waals surface area contributed by atoms with E-state index in [1.165, 1.54) is 0 Å². The van der Waals surface area contributed by atoms with Crippen molar-refractivity contribution in [3.8, 4) is 5.69 Å². The number of rotatable bonds is 1. The first kappa shape index (κ1) is 15.5. The molecule has 2 aromatic carbocycles. The van der Waals surface area contributed by atoms with Gasteiger partial charge in [0.15, 0.2) is 6.20 Å². The molecule has 0 unspecified atom stereocenters. The van der Waals surface area contributed by atoms with Crippen LogP contribution in [0.1, 0.15) is 0 Å². The van der Waals surface area contributed by atoms with Crippen LogP contribution in [-0.4, -0.2) is 15.3 Å². The number of aromatic amines is 1. The summed E-state index contributed by atoms with van der Waals surface area (Å²) in [5.41, 5.74) is 2.29. The SMILES string of the molecule is C[n+]1cc2ccccc2c2[nH]n(-c3ccc(Br)cc3)c(=O)c21.[OH-]. The van der Waals surface area contributed by atoms with E-state index in [0.717, 1.165) is 26.4 Å². The molecular formula is C17H14BrN3O2. The zero-order valence-corrected chi connectivity index (χ0v) is 13.9. The van der Waals surface area contributed by atoms with Crippen LogP contribution >= 0.6 is 15.9 Å². The molecule has 116 valence electrons. The number of H-pyrrole nitrogens is 1. The molecule has 6 heteroatoms. The van der Waals surface area contributed by atoms with Gasteiger partial charge in [-0.3, -0.25) is 9.89 Å². The second-order valence-electron chi connectivity index (χ2n) is 5.28. The standard InChI is InChI=1S/C17H12BrN3O.H2O/c1-20-10-11-4-2-3-5-14(11)15-16(20)17(22)21(19-15)13-8-6-12(18)7-9-13;/h2-10H,1H3;1H2. The van der Waals surface area contributed by atoms with Crippen molar-refractivity contribution in [3.63, 3.8) is 0 Å². The molecule has 0 fully saturated rings. The van der Waals surface area contributed by atoms with Crippen molar-refractivity contribution in [2.75, 3.05) is 0 Å². The van der Waals surface area contributed by atoms with Gasteiger partial charge >= 0.3 is 5.56 Å². The number of pyridine rings is 1. The van der Waals surface area contributed by atoms with E-state index in [1.54, 1.807) is 4.68 Å². The lowest BCUT2D eigenvalue weighted by atomic mass is 10.1. The van der Waals surface area contributed by atoms with Gasteiger partial charge in [0.05, 0.1) is 5.69 Å². The van der Waals surface area contributed by atoms with Crippen LogP contribution in [0.2, 0.25) is 0 Å². The van der Waals surface area contributed by atoms with Crippen LogP contribution in [0.15, 0.2) is 64.0 Å². The number of aryl methyl sites for hydroxylation is 1. The van der Waals surface area contributed by atoms with Gasteiger partial charge < -0.3 is 5.48 Å². The minimum absolute atomic E-state index is 0. The number of fused-ring (bicyclic) bond motifs is 3. The molecule has 0 aliphatic carbocycles. The lowest BCUT2D eigenvalue weighted by molar-refractivity contribution is -0.644. The summed E-state index contributed by atoms with van der Waals surface area (Å²) in [5.74, 6) is 0. The van der Waals surface area contributed by atoms with Crippen LogP contribution in [0.25, 0.3) is 27.5 Å². The molecule has 2 N–H and O–H groups in total. The lowest BCUT2D eigenvalue weighted by Crippen LogP contribution is -2.33. The van der Waals surface area contributed by atoms with Crippen molar-refractivity contribution in [1.82, 2.24) is 9.78 Å². The monoisotopic (exact) mass is 371 g/mol. The first-order valence-electron chi connectivity index (χ1n) is 6.93. The number of hydrogen-bond acceptors (Lipinski definition) is 2. The maximum absolute atomic E-state index is 12.8. The summed E-state index contributed by atoms with van der Waals surface area (Å²) in [5, 5.41) is 5.40. The molecule has 5 nitrogen and oxygen atoms in total. The number of hydrogen-bond donors (Lipinski definition) is 1. The quantitative estimate of drug-likeness (QED) is 0.522. The molecule has 0 radical (unpaired) electrons. The smallest absolute Gasteiger partial charge is 0.344 e. The number of nitrogens with zero attached hydrogens (tertiary/aromatic N) is 2. The van der Waals surface area contributed by atoms with Crippen LogP contribution in [0.5, 0.6) is 0 Å². The van der Waals surface area contributed by atoms with Crippen molar-refractivity contribution in [3.05, 3.63) is 69.6 Å². The molecule has 2 heterocycles. The Kier molecular flexibility index (Phi) is 3.79. The Morgan fingerprint density at radius 3 is 2.52 bits per heavy atom. The number of aromatic nitrogens is 3. The van der Waals surface area contributed by atoms with Gasteiger partial charge in [-0.25, -0.2) is 4.68 Å². The van der Waals surface area contributed by atoms with Crippen molar-refractivity contribution >= 4 is 37.7 Å². The van der Waals surface area contributed by atoms with Crippen LogP contribution in [0, 0.1) is 0 Å². The predicted molar refractivity (Wildman–Crippen MR) is 92.2 cm³/mol. The molecule has 0 saturated carbocycles. The molecule has 4 rings (SSSR count). The Morgan fingerprint density at radius 2 is 1.78 bits per heavy atom. The number of benzene rings is 2. The molecule has 0 bridgehead atoms. The van der Waals surface area contributed by atoms with Crippen molar-refractivity contribution in [1.29, 1.82) is 0 Å². The fourth-order valence-corrected chi connectivity index (χ4v) is 3.09. The Morgan fingerprint density at radius 1 is 1.09 bits per heavy atom. The molecule has 0 saturated heterocycles. The highest BCUT2D eigenvalue weighted by molar-refractivity contribution is 9.10. The van der Waals surface area contributed by atoms with Crippen molar-refractivity contribution in [2.24, 2.45) is 7.05 Å². The van der Waals surface area contributed by atoms with Gasteiger partial charge in [-0.15, -0.1) is 0 Å². The van der Waals surface area contributed by atoms with Gasteiger partial charge in [0.1, 0.15) is 12.6 Å². The summed E-state index contributed by atoms with van der Waals surface area (Å²) in [6.07, 6.45) is 1.98. The van der Waals surface area contributed by atoms with Crippen LogP contribution in [-0.2, 0) is 7.05 Å². The Hall–Kier alpha value is -2.44. The molecule has 0 aliphatic heterocycles. The van der Waals surface area contributed by atoms with E-state index < -0.39 is 0 Å². The second-order valence-corrected chi connectivity index (χ2v) is 6.20. The van der Waals surface area contributed by atoms with Gasteiger partial charge in [-0.05, 0) is 30.3 Å². The fourth-order valence-electron chi connectivity index (χ4n) is 2.83. The highest BCUT2D eigenvalue weighted by Gasteiger charge is 2.19. The second kappa shape index (κ2) is 5.64. The molecular weight excluding hydrogens is 358 g/mol. The van der Waals surface area contributed by atoms with Gasteiger partial charge in [0, 0.05) is 15.2 Å². The zero-order chi connectivity index (χ0) is 15.3. The van der Waals surface area contributed by atoms with Crippen LogP contribution in [0.4, 0.5) is 0 Å². The van der Waals surface area contributed by atoms with E-state index in [0.29, 0.717) is 5.52 Å². The third-order valence-corrected chi connectivity index (χ3v) is 4.40. The first-order chi connectivity index (χ1) is 10.6. The highest BCUT2D eigenvalue weighted by atomic mass is 79.9. The maximum Gasteiger partial charge on any atom is 0.344 e. The summed E-state index contributed by atoms with van der Waals surface area (Å²) in [7, 11) is 1.90. The van der Waals surface area contributed by atoms with Crippen LogP contribution in [0.3, 0.4) is 0 Å². The largest absolute Gasteiger partial charge is 0.870 e. The average Bonchev–Trinajstić information content (AvgIpc) is 2.87. The summed E-state index contributed by atoms with van der Waals surface area (Å²) >= 11 is 3.41. The van der Waals surface area contributed by atoms with Gasteiger partial charge in [-0.2, -0.15) is 4.57 Å². The minimum atomic E-state index is -0.0504. The van der Waals surface area contributed by atoms with E-state index in [-0.39, 0.29) is 11.0 Å². The Labute approximate surface area is 140 Å². The average molecular weight is 372 g/mol. The zero-order valence-electron chi connectivity index (χ0n) is 12.3. The highest BCUT2D eigenvalue weighted by Crippen LogP contribution is 2.20. The van der Waals surface area contributed by atoms with Crippen molar-refractivity contribution < 1.29 is 10.0 Å². The van der Waals surface area contributed by atoms with E-state index in [2.05, 4.69) is 21.0 Å². The van der Waals surface area contributed by atoms with Crippen LogP contribution < -0.4 is 10.1 Å². The normalized spacial score (nSPS) is 10.9. The molecule has 0 aliphatic rings. The fraction of sp³-hybridized carbons (Fsp3) is 0.0588. The Bertz CT molecular complexity index is 1070. The van der Waals surface area contributed by atoms with E-state index in [1.807, 2.05) is 66.3 Å². The van der Waals surface area contributed by atoms with E-state index >= 15 is 0 Å². The molecule has 4 aromatic rings. The molecule has 0 amide bonds. The van der Waals surface area contributed by atoms with Gasteiger partial charge in [0.2, 0.25) is 0 Å². The van der Waals surface area contributed by atoms with Crippen molar-refractivity contribution in [2.45, 2.75) is 0 Å². The predicted octanol–water partition coefficient (Wildman–Crippen LogP) is 2.88. The maximum atomic E-state index is 12.8. The molecule has 0 spiro atoms. The lowest BCUT2D eigenvalue weighted by Gasteiger charge is -2.00. The van der Waals surface area contributed by atoms with E-state index in [9.17, 15) is 4.79 Å². The molecule has 23 heavy (non-hydrogen) atoms. The Balaban J connectivity index is 0.00000156. The molecule has 0 atom stereocenters. The third kappa shape index (κ3) is 2.36. The number of halogens is 1. The summed E-state index contributed by atoms with van der Waals surface area (Å²) < 4.78 is 4.45. The topological polar surface area (TPSA) is 71.7 Å². The van der Waals surface area contributed by atoms with Gasteiger partial charge in [0.25, 0.3) is 5.52 Å². The summed E-state index contributed by atoms with van der Waals surface area (Å²) in [6, 6.07) is 15.7. The summed E-state index contributed by atoms with van der Waals surface area (Å²) in [6.45, 7) is 0.